The monoisotopic (exact) mass is 654 g/mol. The summed E-state index contributed by atoms with van der Waals surface area (Å²) >= 11 is 0. The molecule has 2 amide bonds. The summed E-state index contributed by atoms with van der Waals surface area (Å²) in [4.78, 5) is 28.7. The molecule has 12 heteroatoms. The number of nitrogens with zero attached hydrogens (tertiary/aromatic N) is 1. The minimum atomic E-state index is -1.16. The predicted molar refractivity (Wildman–Crippen MR) is 177 cm³/mol. The Balaban J connectivity index is 1.37. The van der Waals surface area contributed by atoms with Crippen molar-refractivity contribution >= 4 is 22.7 Å². The first-order valence-electron chi connectivity index (χ1n) is 15.2. The van der Waals surface area contributed by atoms with Crippen molar-refractivity contribution in [3.05, 3.63) is 149 Å². The average Bonchev–Trinajstić information content (AvgIpc) is 3.51. The van der Waals surface area contributed by atoms with Crippen molar-refractivity contribution in [1.82, 2.24) is 20.8 Å². The third kappa shape index (κ3) is 8.75. The fourth-order valence-electron chi connectivity index (χ4n) is 5.29. The Morgan fingerprint density at radius 1 is 0.917 bits per heavy atom. The van der Waals surface area contributed by atoms with Gasteiger partial charge in [-0.25, -0.2) is 20.1 Å². The quantitative estimate of drug-likeness (QED) is 0.0568. The number of hydrogen-bond donors (Lipinski definition) is 6. The van der Waals surface area contributed by atoms with Crippen LogP contribution in [0.15, 0.2) is 115 Å². The molecule has 0 spiro atoms. The number of aromatic amines is 1. The van der Waals surface area contributed by atoms with Gasteiger partial charge in [-0.2, -0.15) is 0 Å². The molecule has 48 heavy (non-hydrogen) atoms. The lowest BCUT2D eigenvalue weighted by atomic mass is 10.0. The van der Waals surface area contributed by atoms with Crippen LogP contribution in [0.2, 0.25) is 0 Å². The van der Waals surface area contributed by atoms with Crippen LogP contribution in [0, 0.1) is 11.6 Å². The van der Waals surface area contributed by atoms with Crippen LogP contribution in [-0.4, -0.2) is 39.1 Å². The number of hydrazine groups is 1. The number of fused-ring (bicyclic) bond motifs is 1. The van der Waals surface area contributed by atoms with Crippen LogP contribution in [-0.2, 0) is 24.2 Å². The topological polar surface area (TPSA) is 159 Å². The fourth-order valence-corrected chi connectivity index (χ4v) is 5.29. The zero-order valence-electron chi connectivity index (χ0n) is 25.9. The Morgan fingerprint density at radius 3 is 2.38 bits per heavy atom. The van der Waals surface area contributed by atoms with Gasteiger partial charge in [0.15, 0.2) is 11.6 Å². The van der Waals surface area contributed by atoms with E-state index >= 15 is 0 Å². The first-order chi connectivity index (χ1) is 23.2. The van der Waals surface area contributed by atoms with E-state index in [-0.39, 0.29) is 24.1 Å². The van der Waals surface area contributed by atoms with Gasteiger partial charge in [0.2, 0.25) is 5.91 Å². The van der Waals surface area contributed by atoms with E-state index in [0.717, 1.165) is 39.7 Å². The number of nitrogens with two attached hydrogens (primary N) is 2. The number of carbonyl (C=O) groups is 2. The SMILES string of the molecule is N/C(=C\N(N)C(CC(=O)NO)Cc1c[nH]c2ccccc12)C(Cc1ccc(OCc2ccccc2)cc1)NC(=O)c1ccc(F)c(F)c1. The molecule has 0 aliphatic carbocycles. The number of benzene rings is 4. The molecule has 1 aromatic heterocycles. The van der Waals surface area contributed by atoms with E-state index in [4.69, 9.17) is 16.3 Å². The van der Waals surface area contributed by atoms with Gasteiger partial charge in [-0.3, -0.25) is 14.8 Å². The maximum Gasteiger partial charge on any atom is 0.251 e. The molecule has 0 fully saturated rings. The lowest BCUT2D eigenvalue weighted by Gasteiger charge is -2.28. The Hall–Kier alpha value is -5.72. The van der Waals surface area contributed by atoms with E-state index in [9.17, 15) is 23.6 Å². The normalized spacial score (nSPS) is 12.7. The minimum absolute atomic E-state index is 0.0993. The maximum absolute atomic E-state index is 14.0. The van der Waals surface area contributed by atoms with Crippen molar-refractivity contribution < 1.29 is 28.3 Å². The molecule has 2 atom stereocenters. The zero-order valence-corrected chi connectivity index (χ0v) is 25.9. The summed E-state index contributed by atoms with van der Waals surface area (Å²) in [6.45, 7) is 0.392. The second-order valence-electron chi connectivity index (χ2n) is 11.3. The number of hydrogen-bond acceptors (Lipinski definition) is 7. The smallest absolute Gasteiger partial charge is 0.251 e. The van der Waals surface area contributed by atoms with Crippen molar-refractivity contribution in [2.45, 2.75) is 38.0 Å². The summed E-state index contributed by atoms with van der Waals surface area (Å²) in [5, 5.41) is 14.3. The molecule has 0 bridgehead atoms. The summed E-state index contributed by atoms with van der Waals surface area (Å²) in [5.74, 6) is 3.54. The molecule has 0 saturated carbocycles. The summed E-state index contributed by atoms with van der Waals surface area (Å²) in [5.41, 5.74) is 11.8. The summed E-state index contributed by atoms with van der Waals surface area (Å²) in [6.07, 6.45) is 3.58. The van der Waals surface area contributed by atoms with Crippen LogP contribution in [0.3, 0.4) is 0 Å². The Kier molecular flexibility index (Phi) is 11.0. The summed E-state index contributed by atoms with van der Waals surface area (Å²) < 4.78 is 33.4. The van der Waals surface area contributed by atoms with Gasteiger partial charge >= 0.3 is 0 Å². The van der Waals surface area contributed by atoms with Gasteiger partial charge in [-0.1, -0.05) is 60.7 Å². The van der Waals surface area contributed by atoms with E-state index in [0.29, 0.717) is 18.8 Å². The van der Waals surface area contributed by atoms with Crippen LogP contribution in [0.25, 0.3) is 10.9 Å². The number of amides is 2. The third-order valence-electron chi connectivity index (χ3n) is 7.90. The second-order valence-corrected chi connectivity index (χ2v) is 11.3. The van der Waals surface area contributed by atoms with E-state index < -0.39 is 35.5 Å². The number of aromatic nitrogens is 1. The molecule has 0 aliphatic heterocycles. The highest BCUT2D eigenvalue weighted by atomic mass is 19.2. The van der Waals surface area contributed by atoms with Gasteiger partial charge in [0.1, 0.15) is 12.4 Å². The van der Waals surface area contributed by atoms with Crippen LogP contribution in [0.5, 0.6) is 5.75 Å². The molecule has 4 aromatic carbocycles. The van der Waals surface area contributed by atoms with Gasteiger partial charge in [0, 0.05) is 34.6 Å². The fraction of sp³-hybridized carbons (Fsp3) is 0.167. The number of hydroxylamine groups is 1. The minimum Gasteiger partial charge on any atom is -0.489 e. The molecule has 0 aliphatic rings. The molecule has 5 rings (SSSR count). The average molecular weight is 655 g/mol. The van der Waals surface area contributed by atoms with Crippen molar-refractivity contribution in [2.75, 3.05) is 0 Å². The lowest BCUT2D eigenvalue weighted by molar-refractivity contribution is -0.130. The van der Waals surface area contributed by atoms with E-state index in [1.807, 2.05) is 72.9 Å². The molecule has 10 nitrogen and oxygen atoms in total. The van der Waals surface area contributed by atoms with E-state index in [2.05, 4.69) is 10.3 Å². The first kappa shape index (κ1) is 33.6. The Labute approximate surface area is 275 Å². The van der Waals surface area contributed by atoms with Crippen LogP contribution < -0.4 is 27.1 Å². The lowest BCUT2D eigenvalue weighted by Crippen LogP contribution is -2.45. The van der Waals surface area contributed by atoms with Crippen molar-refractivity contribution in [1.29, 1.82) is 0 Å². The zero-order chi connectivity index (χ0) is 34.0. The van der Waals surface area contributed by atoms with Crippen molar-refractivity contribution in [3.63, 3.8) is 0 Å². The van der Waals surface area contributed by atoms with Gasteiger partial charge in [0.25, 0.3) is 5.91 Å². The Morgan fingerprint density at radius 2 is 1.65 bits per heavy atom. The second kappa shape index (κ2) is 15.7. The maximum atomic E-state index is 14.0. The number of para-hydroxylation sites is 1. The number of nitrogens with one attached hydrogen (secondary N) is 3. The third-order valence-corrected chi connectivity index (χ3v) is 7.90. The molecular formula is C36H36F2N6O4. The van der Waals surface area contributed by atoms with E-state index in [1.165, 1.54) is 17.3 Å². The first-order valence-corrected chi connectivity index (χ1v) is 15.2. The largest absolute Gasteiger partial charge is 0.489 e. The van der Waals surface area contributed by atoms with Gasteiger partial charge in [-0.05, 0) is 65.9 Å². The molecule has 8 N–H and O–H groups in total. The standard InChI is InChI=1S/C36H36F2N6O4/c37-30-15-12-25(18-31(30)38)36(46)42-34(16-23-10-13-28(14-11-23)48-22-24-6-2-1-3-7-24)32(39)21-44(40)27(19-35(45)43-47)17-26-20-41-33-9-5-4-8-29(26)33/h1-15,18,20-21,27,34,41,47H,16-17,19,22,39-40H2,(H,42,46)(H,43,45)/b32-21-. The predicted octanol–water partition coefficient (Wildman–Crippen LogP) is 4.85. The molecule has 2 unspecified atom stereocenters. The van der Waals surface area contributed by atoms with Gasteiger partial charge in [-0.15, -0.1) is 0 Å². The molecule has 5 aromatic rings. The highest BCUT2D eigenvalue weighted by Gasteiger charge is 2.23. The number of H-pyrrole nitrogens is 1. The van der Waals surface area contributed by atoms with Crippen LogP contribution in [0.4, 0.5) is 8.78 Å². The molecule has 0 saturated heterocycles. The summed E-state index contributed by atoms with van der Waals surface area (Å²) in [6, 6.07) is 26.0. The van der Waals surface area contributed by atoms with Crippen LogP contribution in [0.1, 0.15) is 33.5 Å². The van der Waals surface area contributed by atoms with Crippen molar-refractivity contribution in [3.8, 4) is 5.75 Å². The number of carbonyl (C=O) groups excluding carboxylic acids is 2. The number of rotatable bonds is 14. The Bertz CT molecular complexity index is 1880. The summed E-state index contributed by atoms with van der Waals surface area (Å²) in [7, 11) is 0. The highest BCUT2D eigenvalue weighted by Crippen LogP contribution is 2.22. The molecule has 0 radical (unpaired) electrons. The highest BCUT2D eigenvalue weighted by molar-refractivity contribution is 5.94. The number of halogens is 2. The van der Waals surface area contributed by atoms with Crippen LogP contribution >= 0.6 is 0 Å². The molecule has 1 heterocycles. The van der Waals surface area contributed by atoms with Gasteiger partial charge in [0.05, 0.1) is 18.5 Å². The molecule has 248 valence electrons. The van der Waals surface area contributed by atoms with E-state index in [1.54, 1.807) is 17.6 Å². The molecular weight excluding hydrogens is 618 g/mol. The van der Waals surface area contributed by atoms with Crippen molar-refractivity contribution in [2.24, 2.45) is 11.6 Å². The van der Waals surface area contributed by atoms with Gasteiger partial charge < -0.3 is 25.8 Å². The number of ether oxygens (including phenoxy) is 1.